The minimum absolute atomic E-state index is 0.237. The molecule has 5 heteroatoms. The highest BCUT2D eigenvalue weighted by Gasteiger charge is 2.31. The van der Waals surface area contributed by atoms with E-state index in [1.807, 2.05) is 0 Å². The van der Waals surface area contributed by atoms with E-state index in [2.05, 4.69) is 5.32 Å². The Morgan fingerprint density at radius 3 is 2.44 bits per heavy atom. The molecule has 0 amide bonds. The summed E-state index contributed by atoms with van der Waals surface area (Å²) in [6.07, 6.45) is -3.79. The monoisotopic (exact) mass is 233 g/mol. The van der Waals surface area contributed by atoms with Gasteiger partial charge in [0, 0.05) is 0 Å². The van der Waals surface area contributed by atoms with Gasteiger partial charge in [0.1, 0.15) is 5.75 Å². The van der Waals surface area contributed by atoms with Crippen molar-refractivity contribution in [2.24, 2.45) is 0 Å². The molecule has 0 radical (unpaired) electrons. The highest BCUT2D eigenvalue weighted by atomic mass is 19.4. The number of hydrogen-bond acceptors (Lipinski definition) is 2. The van der Waals surface area contributed by atoms with Crippen molar-refractivity contribution in [3.8, 4) is 5.75 Å². The Balaban J connectivity index is 3.01. The van der Waals surface area contributed by atoms with E-state index in [1.165, 1.54) is 7.11 Å². The first kappa shape index (κ1) is 12.8. The SMILES string of the molecule is CNCCc1cc(OC)cc(C(F)(F)F)c1. The fourth-order valence-electron chi connectivity index (χ4n) is 1.36. The van der Waals surface area contributed by atoms with Gasteiger partial charge in [-0.2, -0.15) is 13.2 Å². The number of rotatable bonds is 4. The lowest BCUT2D eigenvalue weighted by atomic mass is 10.1. The van der Waals surface area contributed by atoms with Crippen LogP contribution in [0.15, 0.2) is 18.2 Å². The molecule has 0 unspecified atom stereocenters. The van der Waals surface area contributed by atoms with Gasteiger partial charge in [-0.3, -0.25) is 0 Å². The number of halogens is 3. The van der Waals surface area contributed by atoms with Crippen LogP contribution < -0.4 is 10.1 Å². The number of alkyl halides is 3. The van der Waals surface area contributed by atoms with Crippen molar-refractivity contribution < 1.29 is 17.9 Å². The molecule has 1 N–H and O–H groups in total. The molecule has 0 fully saturated rings. The van der Waals surface area contributed by atoms with E-state index in [0.29, 0.717) is 18.5 Å². The molecule has 1 rings (SSSR count). The Morgan fingerprint density at radius 1 is 1.25 bits per heavy atom. The Labute approximate surface area is 92.4 Å². The Morgan fingerprint density at radius 2 is 1.94 bits per heavy atom. The molecule has 0 aromatic heterocycles. The third-order valence-electron chi connectivity index (χ3n) is 2.19. The number of methoxy groups -OCH3 is 1. The zero-order valence-corrected chi connectivity index (χ0v) is 9.19. The molecule has 0 spiro atoms. The number of nitrogens with one attached hydrogen (secondary N) is 1. The second-order valence-electron chi connectivity index (χ2n) is 3.42. The number of benzene rings is 1. The van der Waals surface area contributed by atoms with Crippen LogP contribution in [0, 0.1) is 0 Å². The molecule has 16 heavy (non-hydrogen) atoms. The summed E-state index contributed by atoms with van der Waals surface area (Å²) in [7, 11) is 3.11. The second kappa shape index (κ2) is 5.21. The summed E-state index contributed by atoms with van der Waals surface area (Å²) in [6.45, 7) is 0.629. The van der Waals surface area contributed by atoms with Gasteiger partial charge in [0.05, 0.1) is 12.7 Å². The van der Waals surface area contributed by atoms with E-state index in [4.69, 9.17) is 4.74 Å². The minimum atomic E-state index is -4.33. The number of hydrogen-bond donors (Lipinski definition) is 1. The van der Waals surface area contributed by atoms with Crippen molar-refractivity contribution in [2.45, 2.75) is 12.6 Å². The Kier molecular flexibility index (Phi) is 4.18. The molecule has 90 valence electrons. The van der Waals surface area contributed by atoms with Crippen LogP contribution in [0.5, 0.6) is 5.75 Å². The van der Waals surface area contributed by atoms with E-state index in [9.17, 15) is 13.2 Å². The van der Waals surface area contributed by atoms with Gasteiger partial charge in [-0.1, -0.05) is 0 Å². The van der Waals surface area contributed by atoms with Gasteiger partial charge in [0.25, 0.3) is 0 Å². The van der Waals surface area contributed by atoms with E-state index in [-0.39, 0.29) is 5.75 Å². The number of ether oxygens (including phenoxy) is 1. The van der Waals surface area contributed by atoms with Crippen LogP contribution >= 0.6 is 0 Å². The highest BCUT2D eigenvalue weighted by Crippen LogP contribution is 2.32. The van der Waals surface area contributed by atoms with Gasteiger partial charge < -0.3 is 10.1 Å². The van der Waals surface area contributed by atoms with Gasteiger partial charge in [-0.05, 0) is 43.8 Å². The molecule has 0 aliphatic heterocycles. The van der Waals surface area contributed by atoms with Crippen molar-refractivity contribution in [3.63, 3.8) is 0 Å². The Hall–Kier alpha value is -1.23. The third-order valence-corrected chi connectivity index (χ3v) is 2.19. The summed E-state index contributed by atoms with van der Waals surface area (Å²) in [6, 6.07) is 3.77. The zero-order chi connectivity index (χ0) is 12.2. The smallest absolute Gasteiger partial charge is 0.416 e. The zero-order valence-electron chi connectivity index (χ0n) is 9.19. The standard InChI is InChI=1S/C11H14F3NO/c1-15-4-3-8-5-9(11(12,13)14)7-10(6-8)16-2/h5-7,15H,3-4H2,1-2H3. The van der Waals surface area contributed by atoms with Gasteiger partial charge >= 0.3 is 6.18 Å². The van der Waals surface area contributed by atoms with Gasteiger partial charge in [0.15, 0.2) is 0 Å². The van der Waals surface area contributed by atoms with Crippen molar-refractivity contribution in [1.82, 2.24) is 5.32 Å². The molecular weight excluding hydrogens is 219 g/mol. The lowest BCUT2D eigenvalue weighted by Crippen LogP contribution is -2.12. The highest BCUT2D eigenvalue weighted by molar-refractivity contribution is 5.36. The predicted octanol–water partition coefficient (Wildman–Crippen LogP) is 2.48. The molecule has 0 saturated heterocycles. The largest absolute Gasteiger partial charge is 0.497 e. The molecule has 1 aromatic carbocycles. The maximum Gasteiger partial charge on any atom is 0.416 e. The van der Waals surface area contributed by atoms with Crippen LogP contribution in [0.2, 0.25) is 0 Å². The van der Waals surface area contributed by atoms with Crippen LogP contribution in [-0.2, 0) is 12.6 Å². The van der Waals surface area contributed by atoms with Crippen LogP contribution in [0.1, 0.15) is 11.1 Å². The molecule has 2 nitrogen and oxygen atoms in total. The molecular formula is C11H14F3NO. The van der Waals surface area contributed by atoms with Crippen molar-refractivity contribution in [3.05, 3.63) is 29.3 Å². The maximum absolute atomic E-state index is 12.5. The molecule has 0 bridgehead atoms. The molecule has 0 saturated carbocycles. The van der Waals surface area contributed by atoms with Gasteiger partial charge in [0.2, 0.25) is 0 Å². The topological polar surface area (TPSA) is 21.3 Å². The summed E-state index contributed by atoms with van der Waals surface area (Å²) >= 11 is 0. The van der Waals surface area contributed by atoms with E-state index < -0.39 is 11.7 Å². The van der Waals surface area contributed by atoms with Gasteiger partial charge in [-0.25, -0.2) is 0 Å². The van der Waals surface area contributed by atoms with E-state index in [0.717, 1.165) is 12.1 Å². The minimum Gasteiger partial charge on any atom is -0.497 e. The first-order valence-corrected chi connectivity index (χ1v) is 4.87. The average molecular weight is 233 g/mol. The second-order valence-corrected chi connectivity index (χ2v) is 3.42. The van der Waals surface area contributed by atoms with Crippen LogP contribution in [0.25, 0.3) is 0 Å². The summed E-state index contributed by atoms with van der Waals surface area (Å²) in [4.78, 5) is 0. The van der Waals surface area contributed by atoms with Gasteiger partial charge in [-0.15, -0.1) is 0 Å². The van der Waals surface area contributed by atoms with Crippen molar-refractivity contribution in [2.75, 3.05) is 20.7 Å². The van der Waals surface area contributed by atoms with Crippen molar-refractivity contribution in [1.29, 1.82) is 0 Å². The van der Waals surface area contributed by atoms with E-state index >= 15 is 0 Å². The first-order chi connectivity index (χ1) is 7.47. The van der Waals surface area contributed by atoms with Crippen LogP contribution in [0.3, 0.4) is 0 Å². The predicted molar refractivity (Wildman–Crippen MR) is 55.6 cm³/mol. The fourth-order valence-corrected chi connectivity index (χ4v) is 1.36. The average Bonchev–Trinajstić information content (AvgIpc) is 2.24. The van der Waals surface area contributed by atoms with Crippen LogP contribution in [-0.4, -0.2) is 20.7 Å². The fraction of sp³-hybridized carbons (Fsp3) is 0.455. The maximum atomic E-state index is 12.5. The van der Waals surface area contributed by atoms with Crippen molar-refractivity contribution >= 4 is 0 Å². The molecule has 0 atom stereocenters. The molecule has 0 aliphatic carbocycles. The Bertz CT molecular complexity index is 350. The van der Waals surface area contributed by atoms with E-state index in [1.54, 1.807) is 13.1 Å². The summed E-state index contributed by atoms with van der Waals surface area (Å²) < 4.78 is 42.5. The quantitative estimate of drug-likeness (QED) is 0.862. The summed E-state index contributed by atoms with van der Waals surface area (Å²) in [5.41, 5.74) is -0.0565. The van der Waals surface area contributed by atoms with Crippen LogP contribution in [0.4, 0.5) is 13.2 Å². The lowest BCUT2D eigenvalue weighted by molar-refractivity contribution is -0.137. The molecule has 1 aromatic rings. The summed E-state index contributed by atoms with van der Waals surface area (Å²) in [5.74, 6) is 0.237. The normalized spacial score (nSPS) is 11.6. The first-order valence-electron chi connectivity index (χ1n) is 4.87. The molecule has 0 heterocycles. The number of likely N-dealkylation sites (N-methyl/N-ethyl adjacent to an activating group) is 1. The third kappa shape index (κ3) is 3.41. The molecule has 0 aliphatic rings. The lowest BCUT2D eigenvalue weighted by Gasteiger charge is -2.11. The summed E-state index contributed by atoms with van der Waals surface area (Å²) in [5, 5.41) is 2.89.